The molecule has 0 saturated carbocycles. The first-order valence-electron chi connectivity index (χ1n) is 6.66. The SMILES string of the molecule is C/C(=N/NC(=O)Cn1nc(C)cc1C)c1cccc(N)c1. The van der Waals surface area contributed by atoms with Gasteiger partial charge in [0.25, 0.3) is 5.91 Å². The van der Waals surface area contributed by atoms with Crippen LogP contribution in [0.4, 0.5) is 5.69 Å². The minimum atomic E-state index is -0.218. The fraction of sp³-hybridized carbons (Fsp3) is 0.267. The summed E-state index contributed by atoms with van der Waals surface area (Å²) in [5.41, 5.74) is 12.3. The predicted octanol–water partition coefficient (Wildman–Crippen LogP) is 1.62. The molecule has 2 aromatic rings. The molecule has 0 spiro atoms. The van der Waals surface area contributed by atoms with E-state index < -0.39 is 0 Å². The quantitative estimate of drug-likeness (QED) is 0.508. The Kier molecular flexibility index (Phi) is 4.37. The molecule has 1 aromatic heterocycles. The lowest BCUT2D eigenvalue weighted by Crippen LogP contribution is -2.25. The van der Waals surface area contributed by atoms with E-state index in [4.69, 9.17) is 5.73 Å². The Morgan fingerprint density at radius 3 is 2.76 bits per heavy atom. The van der Waals surface area contributed by atoms with Gasteiger partial charge in [-0.3, -0.25) is 9.48 Å². The van der Waals surface area contributed by atoms with E-state index in [9.17, 15) is 4.79 Å². The first-order chi connectivity index (χ1) is 9.95. The van der Waals surface area contributed by atoms with E-state index in [1.54, 1.807) is 10.7 Å². The minimum Gasteiger partial charge on any atom is -0.399 e. The molecule has 3 N–H and O–H groups in total. The van der Waals surface area contributed by atoms with Crippen LogP contribution in [0.2, 0.25) is 0 Å². The average Bonchev–Trinajstić information content (AvgIpc) is 2.74. The highest BCUT2D eigenvalue weighted by molar-refractivity contribution is 5.99. The number of hydrazone groups is 1. The number of nitrogen functional groups attached to an aromatic ring is 1. The Morgan fingerprint density at radius 2 is 2.14 bits per heavy atom. The molecule has 110 valence electrons. The first-order valence-corrected chi connectivity index (χ1v) is 6.66. The molecule has 0 fully saturated rings. The Morgan fingerprint density at radius 1 is 1.38 bits per heavy atom. The first kappa shape index (κ1) is 14.8. The molecule has 0 aliphatic heterocycles. The Labute approximate surface area is 123 Å². The molecule has 0 aliphatic rings. The number of nitrogens with two attached hydrogens (primary N) is 1. The van der Waals surface area contributed by atoms with Crippen LogP contribution >= 0.6 is 0 Å². The summed E-state index contributed by atoms with van der Waals surface area (Å²) in [5, 5.41) is 8.33. The van der Waals surface area contributed by atoms with Crippen molar-refractivity contribution >= 4 is 17.3 Å². The Bertz CT molecular complexity index is 687. The summed E-state index contributed by atoms with van der Waals surface area (Å²) < 4.78 is 1.65. The maximum absolute atomic E-state index is 11.9. The second-order valence-corrected chi connectivity index (χ2v) is 4.94. The van der Waals surface area contributed by atoms with Crippen LogP contribution in [0, 0.1) is 13.8 Å². The highest BCUT2D eigenvalue weighted by Crippen LogP contribution is 2.07. The second kappa shape index (κ2) is 6.21. The minimum absolute atomic E-state index is 0.146. The van der Waals surface area contributed by atoms with Crippen LogP contribution in [0.25, 0.3) is 0 Å². The molecular weight excluding hydrogens is 266 g/mol. The van der Waals surface area contributed by atoms with Gasteiger partial charge in [0.15, 0.2) is 0 Å². The molecule has 0 bridgehead atoms. The zero-order chi connectivity index (χ0) is 15.4. The van der Waals surface area contributed by atoms with Gasteiger partial charge < -0.3 is 5.73 Å². The largest absolute Gasteiger partial charge is 0.399 e. The topological polar surface area (TPSA) is 85.3 Å². The number of amides is 1. The van der Waals surface area contributed by atoms with Crippen molar-refractivity contribution in [2.75, 3.05) is 5.73 Å². The van der Waals surface area contributed by atoms with Crippen LogP contribution in [-0.4, -0.2) is 21.4 Å². The zero-order valence-electron chi connectivity index (χ0n) is 12.4. The molecule has 21 heavy (non-hydrogen) atoms. The van der Waals surface area contributed by atoms with Crippen LogP contribution in [-0.2, 0) is 11.3 Å². The van der Waals surface area contributed by atoms with Crippen molar-refractivity contribution in [1.29, 1.82) is 0 Å². The molecule has 0 unspecified atom stereocenters. The second-order valence-electron chi connectivity index (χ2n) is 4.94. The molecule has 0 saturated heterocycles. The third kappa shape index (κ3) is 3.92. The van der Waals surface area contributed by atoms with E-state index >= 15 is 0 Å². The maximum Gasteiger partial charge on any atom is 0.261 e. The molecule has 1 amide bonds. The summed E-state index contributed by atoms with van der Waals surface area (Å²) in [7, 11) is 0. The van der Waals surface area contributed by atoms with E-state index in [0.29, 0.717) is 11.4 Å². The summed E-state index contributed by atoms with van der Waals surface area (Å²) in [6.07, 6.45) is 0. The standard InChI is InChI=1S/C15H19N5O/c1-10-7-11(2)20(19-10)9-15(21)18-17-12(3)13-5-4-6-14(16)8-13/h4-8H,9,16H2,1-3H3,(H,18,21)/b17-12-. The number of aromatic nitrogens is 2. The van der Waals surface area contributed by atoms with Crippen LogP contribution in [0.3, 0.4) is 0 Å². The summed E-state index contributed by atoms with van der Waals surface area (Å²) in [5.74, 6) is -0.218. The van der Waals surface area contributed by atoms with Crippen molar-refractivity contribution in [3.8, 4) is 0 Å². The zero-order valence-corrected chi connectivity index (χ0v) is 12.4. The number of nitrogens with zero attached hydrogens (tertiary/aromatic N) is 3. The van der Waals surface area contributed by atoms with Crippen molar-refractivity contribution in [1.82, 2.24) is 15.2 Å². The number of benzene rings is 1. The molecule has 1 heterocycles. The maximum atomic E-state index is 11.9. The van der Waals surface area contributed by atoms with Gasteiger partial charge in [-0.25, -0.2) is 5.43 Å². The molecule has 0 radical (unpaired) electrons. The molecule has 1 aromatic carbocycles. The third-order valence-electron chi connectivity index (χ3n) is 3.05. The van der Waals surface area contributed by atoms with Crippen LogP contribution in [0.1, 0.15) is 23.9 Å². The van der Waals surface area contributed by atoms with E-state index in [0.717, 1.165) is 17.0 Å². The number of anilines is 1. The van der Waals surface area contributed by atoms with Gasteiger partial charge in [-0.05, 0) is 44.5 Å². The number of aryl methyl sites for hydroxylation is 2. The number of carbonyl (C=O) groups is 1. The van der Waals surface area contributed by atoms with Gasteiger partial charge in [-0.15, -0.1) is 0 Å². The Balaban J connectivity index is 2.00. The lowest BCUT2D eigenvalue weighted by atomic mass is 10.1. The predicted molar refractivity (Wildman–Crippen MR) is 82.9 cm³/mol. The lowest BCUT2D eigenvalue weighted by molar-refractivity contribution is -0.121. The van der Waals surface area contributed by atoms with Crippen molar-refractivity contribution in [3.63, 3.8) is 0 Å². The highest BCUT2D eigenvalue weighted by atomic mass is 16.2. The number of hydrogen-bond donors (Lipinski definition) is 2. The smallest absolute Gasteiger partial charge is 0.261 e. The van der Waals surface area contributed by atoms with Crippen molar-refractivity contribution in [2.45, 2.75) is 27.3 Å². The van der Waals surface area contributed by atoms with Crippen LogP contribution < -0.4 is 11.2 Å². The van der Waals surface area contributed by atoms with Gasteiger partial charge in [0.2, 0.25) is 0 Å². The van der Waals surface area contributed by atoms with E-state index in [-0.39, 0.29) is 12.5 Å². The molecule has 6 nitrogen and oxygen atoms in total. The summed E-state index contributed by atoms with van der Waals surface area (Å²) in [6.45, 7) is 5.77. The number of rotatable bonds is 4. The average molecular weight is 285 g/mol. The van der Waals surface area contributed by atoms with E-state index in [1.807, 2.05) is 45.0 Å². The van der Waals surface area contributed by atoms with E-state index in [1.165, 1.54) is 0 Å². The molecule has 0 atom stereocenters. The van der Waals surface area contributed by atoms with Gasteiger partial charge in [0.05, 0.1) is 11.4 Å². The van der Waals surface area contributed by atoms with Crippen molar-refractivity contribution in [2.24, 2.45) is 5.10 Å². The van der Waals surface area contributed by atoms with Crippen LogP contribution in [0.15, 0.2) is 35.4 Å². The molecule has 0 aliphatic carbocycles. The normalized spacial score (nSPS) is 11.5. The van der Waals surface area contributed by atoms with Gasteiger partial charge in [0.1, 0.15) is 6.54 Å². The fourth-order valence-corrected chi connectivity index (χ4v) is 1.98. The third-order valence-corrected chi connectivity index (χ3v) is 3.05. The van der Waals surface area contributed by atoms with Crippen molar-refractivity contribution < 1.29 is 4.79 Å². The summed E-state index contributed by atoms with van der Waals surface area (Å²) in [6, 6.07) is 9.28. The number of nitrogens with one attached hydrogen (secondary N) is 1. The Hall–Kier alpha value is -2.63. The van der Waals surface area contributed by atoms with Gasteiger partial charge in [0, 0.05) is 11.4 Å². The van der Waals surface area contributed by atoms with E-state index in [2.05, 4.69) is 15.6 Å². The molecule has 2 rings (SSSR count). The lowest BCUT2D eigenvalue weighted by Gasteiger charge is -2.05. The van der Waals surface area contributed by atoms with Gasteiger partial charge in [-0.1, -0.05) is 12.1 Å². The highest BCUT2D eigenvalue weighted by Gasteiger charge is 2.06. The molecular formula is C15H19N5O. The number of carbonyl (C=O) groups excluding carboxylic acids is 1. The fourth-order valence-electron chi connectivity index (χ4n) is 1.98. The van der Waals surface area contributed by atoms with Gasteiger partial charge in [-0.2, -0.15) is 10.2 Å². The summed E-state index contributed by atoms with van der Waals surface area (Å²) >= 11 is 0. The van der Waals surface area contributed by atoms with Gasteiger partial charge >= 0.3 is 0 Å². The van der Waals surface area contributed by atoms with Crippen LogP contribution in [0.5, 0.6) is 0 Å². The van der Waals surface area contributed by atoms with Crippen molar-refractivity contribution in [3.05, 3.63) is 47.3 Å². The molecule has 6 heteroatoms. The summed E-state index contributed by atoms with van der Waals surface area (Å²) in [4.78, 5) is 11.9. The number of hydrogen-bond acceptors (Lipinski definition) is 4. The monoisotopic (exact) mass is 285 g/mol.